The second-order valence-corrected chi connectivity index (χ2v) is 9.89. The molecule has 0 aliphatic heterocycles. The van der Waals surface area contributed by atoms with Gasteiger partial charge in [0.2, 0.25) is 5.91 Å². The highest BCUT2D eigenvalue weighted by atomic mass is 32.2. The molecule has 1 aromatic heterocycles. The summed E-state index contributed by atoms with van der Waals surface area (Å²) in [5, 5.41) is 21.4. The van der Waals surface area contributed by atoms with E-state index in [1.165, 1.54) is 37.4 Å². The fourth-order valence-corrected chi connectivity index (χ4v) is 5.94. The topological polar surface area (TPSA) is 97.1 Å². The van der Waals surface area contributed by atoms with Crippen LogP contribution in [0.15, 0.2) is 29.4 Å². The molecule has 1 heterocycles. The predicted octanol–water partition coefficient (Wildman–Crippen LogP) is 3.76. The van der Waals surface area contributed by atoms with Gasteiger partial charge in [-0.3, -0.25) is 9.59 Å². The Kier molecular flexibility index (Phi) is 6.65. The fraction of sp³-hybridized carbons (Fsp3) is 0.565. The quantitative estimate of drug-likeness (QED) is 0.574. The van der Waals surface area contributed by atoms with Crippen LogP contribution >= 0.6 is 11.8 Å². The third-order valence-electron chi connectivity index (χ3n) is 6.73. The summed E-state index contributed by atoms with van der Waals surface area (Å²) in [4.78, 5) is 23.7. The van der Waals surface area contributed by atoms with Crippen LogP contribution in [0.2, 0.25) is 0 Å². The van der Waals surface area contributed by atoms with Gasteiger partial charge in [-0.1, -0.05) is 48.0 Å². The van der Waals surface area contributed by atoms with Gasteiger partial charge in [-0.05, 0) is 50.9 Å². The number of carbonyl (C=O) groups excluding carboxylic acids is 1. The average Bonchev–Trinajstić information content (AvgIpc) is 3.47. The van der Waals surface area contributed by atoms with Crippen molar-refractivity contribution in [2.45, 2.75) is 63.7 Å². The van der Waals surface area contributed by atoms with Gasteiger partial charge in [0.1, 0.15) is 0 Å². The van der Waals surface area contributed by atoms with Crippen LogP contribution in [-0.4, -0.2) is 43.5 Å². The van der Waals surface area contributed by atoms with Crippen LogP contribution in [0.4, 0.5) is 0 Å². The molecule has 7 nitrogen and oxygen atoms in total. The Hall–Kier alpha value is -2.35. The van der Waals surface area contributed by atoms with Crippen LogP contribution in [0, 0.1) is 24.7 Å². The minimum absolute atomic E-state index is 0.00931. The highest BCUT2D eigenvalue weighted by Gasteiger charge is 2.42. The fourth-order valence-electron chi connectivity index (χ4n) is 5.16. The first-order valence-corrected chi connectivity index (χ1v) is 12.0. The Balaban J connectivity index is 1.40. The lowest BCUT2D eigenvalue weighted by Crippen LogP contribution is -2.40. The number of rotatable bonds is 9. The van der Waals surface area contributed by atoms with Crippen LogP contribution in [0.3, 0.4) is 0 Å². The van der Waals surface area contributed by atoms with Crippen molar-refractivity contribution in [2.75, 3.05) is 5.75 Å². The number of fused-ring (bicyclic) bond motifs is 2. The maximum atomic E-state index is 12.6. The first kappa shape index (κ1) is 21.9. The largest absolute Gasteiger partial charge is 0.481 e. The number of benzene rings is 1. The van der Waals surface area contributed by atoms with E-state index in [1.54, 1.807) is 4.57 Å². The Morgan fingerprint density at radius 2 is 2.00 bits per heavy atom. The van der Waals surface area contributed by atoms with Crippen molar-refractivity contribution in [3.8, 4) is 11.4 Å². The van der Waals surface area contributed by atoms with Crippen LogP contribution in [0.25, 0.3) is 11.4 Å². The van der Waals surface area contributed by atoms with Gasteiger partial charge in [0, 0.05) is 18.2 Å². The lowest BCUT2D eigenvalue weighted by atomic mass is 9.84. The number of aromatic nitrogens is 3. The highest BCUT2D eigenvalue weighted by Crippen LogP contribution is 2.49. The van der Waals surface area contributed by atoms with E-state index in [4.69, 9.17) is 5.11 Å². The number of nitrogens with zero attached hydrogens (tertiary/aromatic N) is 3. The minimum atomic E-state index is -0.878. The van der Waals surface area contributed by atoms with Crippen molar-refractivity contribution in [3.05, 3.63) is 29.8 Å². The number of amides is 1. The standard InChI is InChI=1S/C23H30N4O3S/c1-14-3-6-17(7-4-14)22-25-26-23(27(22)10-9-21(29)30)31-13-20(28)24-15(2)19-12-16-5-8-18(19)11-16/h3-4,6-7,15-16,18-19H,5,8-13H2,1-2H3,(H,24,28)(H,29,30)/t15-,16+,18+,19-/m1/s1. The molecule has 166 valence electrons. The summed E-state index contributed by atoms with van der Waals surface area (Å²) < 4.78 is 1.80. The summed E-state index contributed by atoms with van der Waals surface area (Å²) in [6.45, 7) is 4.40. The molecule has 2 aliphatic carbocycles. The predicted molar refractivity (Wildman–Crippen MR) is 120 cm³/mol. The molecule has 1 amide bonds. The van der Waals surface area contributed by atoms with Gasteiger partial charge in [0.25, 0.3) is 0 Å². The Labute approximate surface area is 187 Å². The van der Waals surface area contributed by atoms with Crippen molar-refractivity contribution in [2.24, 2.45) is 17.8 Å². The molecule has 31 heavy (non-hydrogen) atoms. The lowest BCUT2D eigenvalue weighted by Gasteiger charge is -2.28. The average molecular weight is 443 g/mol. The molecule has 2 N–H and O–H groups in total. The Bertz CT molecular complexity index is 943. The third-order valence-corrected chi connectivity index (χ3v) is 7.70. The maximum absolute atomic E-state index is 12.6. The molecular weight excluding hydrogens is 412 g/mol. The zero-order chi connectivity index (χ0) is 22.0. The van der Waals surface area contributed by atoms with E-state index >= 15 is 0 Å². The summed E-state index contributed by atoms with van der Waals surface area (Å²) in [7, 11) is 0. The normalized spacial score (nSPS) is 23.1. The van der Waals surface area contributed by atoms with Crippen molar-refractivity contribution < 1.29 is 14.7 Å². The molecule has 4 atom stereocenters. The van der Waals surface area contributed by atoms with Crippen molar-refractivity contribution in [3.63, 3.8) is 0 Å². The molecule has 2 fully saturated rings. The molecule has 0 unspecified atom stereocenters. The number of carbonyl (C=O) groups is 2. The molecule has 0 spiro atoms. The van der Waals surface area contributed by atoms with E-state index in [9.17, 15) is 9.59 Å². The van der Waals surface area contributed by atoms with Gasteiger partial charge in [0.15, 0.2) is 11.0 Å². The van der Waals surface area contributed by atoms with E-state index in [1.807, 2.05) is 31.2 Å². The molecule has 0 radical (unpaired) electrons. The summed E-state index contributed by atoms with van der Waals surface area (Å²) in [6, 6.07) is 8.08. The van der Waals surface area contributed by atoms with Gasteiger partial charge in [-0.25, -0.2) is 0 Å². The molecule has 8 heteroatoms. The third kappa shape index (κ3) is 5.11. The molecule has 1 aromatic carbocycles. The number of hydrogen-bond acceptors (Lipinski definition) is 5. The van der Waals surface area contributed by atoms with E-state index in [0.29, 0.717) is 16.9 Å². The zero-order valence-electron chi connectivity index (χ0n) is 18.1. The lowest BCUT2D eigenvalue weighted by molar-refractivity contribution is -0.137. The van der Waals surface area contributed by atoms with Crippen LogP contribution in [-0.2, 0) is 16.1 Å². The van der Waals surface area contributed by atoms with Gasteiger partial charge in [-0.15, -0.1) is 10.2 Å². The molecule has 2 bridgehead atoms. The second-order valence-electron chi connectivity index (χ2n) is 8.95. The van der Waals surface area contributed by atoms with Gasteiger partial charge >= 0.3 is 5.97 Å². The zero-order valence-corrected chi connectivity index (χ0v) is 18.9. The van der Waals surface area contributed by atoms with Gasteiger partial charge in [-0.2, -0.15) is 0 Å². The van der Waals surface area contributed by atoms with Crippen molar-refractivity contribution in [1.82, 2.24) is 20.1 Å². The highest BCUT2D eigenvalue weighted by molar-refractivity contribution is 7.99. The van der Waals surface area contributed by atoms with Crippen LogP contribution in [0.5, 0.6) is 0 Å². The van der Waals surface area contributed by atoms with E-state index < -0.39 is 5.97 Å². The monoisotopic (exact) mass is 442 g/mol. The summed E-state index contributed by atoms with van der Waals surface area (Å²) in [5.41, 5.74) is 2.01. The first-order chi connectivity index (χ1) is 14.9. The number of aliphatic carboxylic acids is 1. The van der Waals surface area contributed by atoms with Crippen molar-refractivity contribution in [1.29, 1.82) is 0 Å². The van der Waals surface area contributed by atoms with Crippen LogP contribution < -0.4 is 5.32 Å². The summed E-state index contributed by atoms with van der Waals surface area (Å²) in [6.07, 6.45) is 5.19. The van der Waals surface area contributed by atoms with Crippen LogP contribution in [0.1, 0.15) is 44.6 Å². The minimum Gasteiger partial charge on any atom is -0.481 e. The van der Waals surface area contributed by atoms with Gasteiger partial charge in [0.05, 0.1) is 12.2 Å². The summed E-state index contributed by atoms with van der Waals surface area (Å²) >= 11 is 1.31. The second kappa shape index (κ2) is 9.42. The smallest absolute Gasteiger partial charge is 0.305 e. The van der Waals surface area contributed by atoms with Crippen molar-refractivity contribution >= 4 is 23.6 Å². The number of thioether (sulfide) groups is 1. The molecule has 4 rings (SSSR count). The number of carboxylic acids is 1. The molecular formula is C23H30N4O3S. The van der Waals surface area contributed by atoms with E-state index in [2.05, 4.69) is 22.4 Å². The van der Waals surface area contributed by atoms with E-state index in [0.717, 1.165) is 23.0 Å². The molecule has 2 aliphatic rings. The number of aryl methyl sites for hydroxylation is 1. The maximum Gasteiger partial charge on any atom is 0.305 e. The number of carboxylic acid groups (broad SMARTS) is 1. The molecule has 2 saturated carbocycles. The SMILES string of the molecule is Cc1ccc(-c2nnc(SCC(=O)N[C@H](C)[C@H]3C[C@H]4CC[C@H]3C4)n2CCC(=O)O)cc1. The summed E-state index contributed by atoms with van der Waals surface area (Å²) in [5.74, 6) is 2.20. The van der Waals surface area contributed by atoms with E-state index in [-0.39, 0.29) is 30.7 Å². The number of nitrogens with one attached hydrogen (secondary N) is 1. The van der Waals surface area contributed by atoms with Gasteiger partial charge < -0.3 is 15.0 Å². The Morgan fingerprint density at radius 1 is 1.23 bits per heavy atom. The molecule has 2 aromatic rings. The molecule has 0 saturated heterocycles. The first-order valence-electron chi connectivity index (χ1n) is 11.0. The Morgan fingerprint density at radius 3 is 2.65 bits per heavy atom. The number of hydrogen-bond donors (Lipinski definition) is 2.